The fraction of sp³-hybridized carbons (Fsp3) is 0.143. The van der Waals surface area contributed by atoms with Gasteiger partial charge in [0.2, 0.25) is 0 Å². The van der Waals surface area contributed by atoms with Crippen molar-refractivity contribution >= 4 is 29.1 Å². The zero-order chi connectivity index (χ0) is 13.0. The molecule has 0 unspecified atom stereocenters. The van der Waals surface area contributed by atoms with Gasteiger partial charge in [-0.3, -0.25) is 4.79 Å². The molecule has 0 aliphatic carbocycles. The standard InChI is InChI=1S/C14H12ClNOS/c1-10(17)12-6-7-16-14(8-12)18-9-11-2-4-13(15)5-3-11/h2-8H,9H2,1H3. The minimum Gasteiger partial charge on any atom is -0.295 e. The highest BCUT2D eigenvalue weighted by Gasteiger charge is 2.02. The van der Waals surface area contributed by atoms with Crippen LogP contribution in [0.4, 0.5) is 0 Å². The Hall–Kier alpha value is -1.32. The lowest BCUT2D eigenvalue weighted by Gasteiger charge is -2.03. The molecule has 1 aromatic carbocycles. The fourth-order valence-electron chi connectivity index (χ4n) is 1.45. The number of benzene rings is 1. The van der Waals surface area contributed by atoms with E-state index in [1.165, 1.54) is 5.56 Å². The Kier molecular flexibility index (Phi) is 4.39. The Bertz CT molecular complexity index is 554. The largest absolute Gasteiger partial charge is 0.295 e. The third-order valence-corrected chi connectivity index (χ3v) is 3.69. The lowest BCUT2D eigenvalue weighted by molar-refractivity contribution is 0.101. The molecule has 18 heavy (non-hydrogen) atoms. The number of rotatable bonds is 4. The summed E-state index contributed by atoms with van der Waals surface area (Å²) in [6.07, 6.45) is 1.67. The molecule has 2 aromatic rings. The Morgan fingerprint density at radius 2 is 2.00 bits per heavy atom. The molecule has 0 bridgehead atoms. The molecule has 0 radical (unpaired) electrons. The molecule has 0 spiro atoms. The van der Waals surface area contributed by atoms with Crippen molar-refractivity contribution in [2.75, 3.05) is 0 Å². The molecule has 0 atom stereocenters. The first-order valence-electron chi connectivity index (χ1n) is 5.49. The first-order chi connectivity index (χ1) is 8.65. The summed E-state index contributed by atoms with van der Waals surface area (Å²) in [5, 5.41) is 1.60. The number of nitrogens with zero attached hydrogens (tertiary/aromatic N) is 1. The summed E-state index contributed by atoms with van der Waals surface area (Å²) in [7, 11) is 0. The molecule has 0 N–H and O–H groups in total. The van der Waals surface area contributed by atoms with Crippen LogP contribution in [0.1, 0.15) is 22.8 Å². The van der Waals surface area contributed by atoms with Gasteiger partial charge in [-0.05, 0) is 36.8 Å². The van der Waals surface area contributed by atoms with Crippen LogP contribution >= 0.6 is 23.4 Å². The minimum absolute atomic E-state index is 0.0609. The quantitative estimate of drug-likeness (QED) is 0.619. The Balaban J connectivity index is 2.04. The van der Waals surface area contributed by atoms with Crippen molar-refractivity contribution in [3.8, 4) is 0 Å². The van der Waals surface area contributed by atoms with Gasteiger partial charge in [-0.2, -0.15) is 0 Å². The SMILES string of the molecule is CC(=O)c1ccnc(SCc2ccc(Cl)cc2)c1. The number of Topliss-reactive ketones (excluding diaryl/α,β-unsaturated/α-hetero) is 1. The van der Waals surface area contributed by atoms with Crippen LogP contribution < -0.4 is 0 Å². The summed E-state index contributed by atoms with van der Waals surface area (Å²) in [5.41, 5.74) is 1.88. The van der Waals surface area contributed by atoms with Crippen LogP contribution in [0.3, 0.4) is 0 Å². The summed E-state index contributed by atoms with van der Waals surface area (Å²) in [6.45, 7) is 1.56. The van der Waals surface area contributed by atoms with E-state index in [2.05, 4.69) is 4.98 Å². The van der Waals surface area contributed by atoms with Gasteiger partial charge in [-0.25, -0.2) is 4.98 Å². The van der Waals surface area contributed by atoms with Gasteiger partial charge in [-0.1, -0.05) is 23.7 Å². The highest BCUT2D eigenvalue weighted by atomic mass is 35.5. The second kappa shape index (κ2) is 6.03. The molecule has 2 nitrogen and oxygen atoms in total. The van der Waals surface area contributed by atoms with Crippen LogP contribution in [-0.2, 0) is 5.75 Å². The van der Waals surface area contributed by atoms with Gasteiger partial charge in [0.1, 0.15) is 0 Å². The Morgan fingerprint density at radius 1 is 1.28 bits per heavy atom. The van der Waals surface area contributed by atoms with E-state index in [-0.39, 0.29) is 5.78 Å². The van der Waals surface area contributed by atoms with Crippen molar-refractivity contribution in [1.82, 2.24) is 4.98 Å². The van der Waals surface area contributed by atoms with Gasteiger partial charge in [0.15, 0.2) is 5.78 Å². The first kappa shape index (κ1) is 13.1. The number of aromatic nitrogens is 1. The van der Waals surface area contributed by atoms with Crippen LogP contribution in [0, 0.1) is 0 Å². The van der Waals surface area contributed by atoms with E-state index in [1.54, 1.807) is 30.9 Å². The number of halogens is 1. The number of ketones is 1. The first-order valence-corrected chi connectivity index (χ1v) is 6.86. The van der Waals surface area contributed by atoms with Gasteiger partial charge < -0.3 is 0 Å². The van der Waals surface area contributed by atoms with Crippen molar-refractivity contribution in [3.05, 3.63) is 58.7 Å². The molecule has 1 aromatic heterocycles. The highest BCUT2D eigenvalue weighted by Crippen LogP contribution is 2.22. The van der Waals surface area contributed by atoms with E-state index in [4.69, 9.17) is 11.6 Å². The summed E-state index contributed by atoms with van der Waals surface area (Å²) in [4.78, 5) is 15.5. The minimum atomic E-state index is 0.0609. The molecule has 0 amide bonds. The van der Waals surface area contributed by atoms with Gasteiger partial charge >= 0.3 is 0 Å². The molecule has 0 saturated carbocycles. The molecule has 1 heterocycles. The van der Waals surface area contributed by atoms with Gasteiger partial charge in [0, 0.05) is 22.5 Å². The summed E-state index contributed by atoms with van der Waals surface area (Å²) >= 11 is 7.43. The van der Waals surface area contributed by atoms with Crippen molar-refractivity contribution in [1.29, 1.82) is 0 Å². The molecule has 4 heteroatoms. The fourth-order valence-corrected chi connectivity index (χ4v) is 2.42. The number of hydrogen-bond acceptors (Lipinski definition) is 3. The molecular formula is C14H12ClNOS. The summed E-state index contributed by atoms with van der Waals surface area (Å²) < 4.78 is 0. The monoisotopic (exact) mass is 277 g/mol. The zero-order valence-electron chi connectivity index (χ0n) is 9.89. The normalized spacial score (nSPS) is 10.3. The van der Waals surface area contributed by atoms with Crippen LogP contribution in [0.15, 0.2) is 47.6 Å². The summed E-state index contributed by atoms with van der Waals surface area (Å²) in [5.74, 6) is 0.872. The molecule has 0 saturated heterocycles. The van der Waals surface area contributed by atoms with E-state index >= 15 is 0 Å². The molecule has 2 rings (SSSR count). The average Bonchev–Trinajstić information content (AvgIpc) is 2.38. The van der Waals surface area contributed by atoms with Crippen LogP contribution in [0.25, 0.3) is 0 Å². The maximum absolute atomic E-state index is 11.3. The van der Waals surface area contributed by atoms with E-state index < -0.39 is 0 Å². The van der Waals surface area contributed by atoms with Crippen molar-refractivity contribution in [2.24, 2.45) is 0 Å². The highest BCUT2D eigenvalue weighted by molar-refractivity contribution is 7.98. The molecular weight excluding hydrogens is 266 g/mol. The van der Waals surface area contributed by atoms with Crippen LogP contribution in [-0.4, -0.2) is 10.8 Å². The maximum atomic E-state index is 11.3. The van der Waals surface area contributed by atoms with Gasteiger partial charge in [-0.15, -0.1) is 11.8 Å². The molecule has 92 valence electrons. The Labute approximate surface area is 115 Å². The molecule has 0 fully saturated rings. The number of carbonyl (C=O) groups excluding carboxylic acids is 1. The second-order valence-corrected chi connectivity index (χ2v) is 5.29. The maximum Gasteiger partial charge on any atom is 0.159 e. The number of hydrogen-bond donors (Lipinski definition) is 0. The van der Waals surface area contributed by atoms with E-state index in [1.807, 2.05) is 30.3 Å². The third kappa shape index (κ3) is 3.59. The average molecular weight is 278 g/mol. The molecule has 0 aliphatic heterocycles. The van der Waals surface area contributed by atoms with Gasteiger partial charge in [0.25, 0.3) is 0 Å². The zero-order valence-corrected chi connectivity index (χ0v) is 11.5. The Morgan fingerprint density at radius 3 is 2.67 bits per heavy atom. The van der Waals surface area contributed by atoms with E-state index in [0.29, 0.717) is 5.56 Å². The van der Waals surface area contributed by atoms with Crippen molar-refractivity contribution in [3.63, 3.8) is 0 Å². The smallest absolute Gasteiger partial charge is 0.159 e. The third-order valence-electron chi connectivity index (χ3n) is 2.44. The lowest BCUT2D eigenvalue weighted by atomic mass is 10.2. The molecule has 0 aliphatic rings. The summed E-state index contributed by atoms with van der Waals surface area (Å²) in [6, 6.07) is 11.3. The lowest BCUT2D eigenvalue weighted by Crippen LogP contribution is -1.93. The topological polar surface area (TPSA) is 30.0 Å². The number of pyridine rings is 1. The predicted octanol–water partition coefficient (Wildman–Crippen LogP) is 4.23. The van der Waals surface area contributed by atoms with Crippen molar-refractivity contribution in [2.45, 2.75) is 17.7 Å². The van der Waals surface area contributed by atoms with E-state index in [9.17, 15) is 4.79 Å². The second-order valence-electron chi connectivity index (χ2n) is 3.85. The number of carbonyl (C=O) groups is 1. The predicted molar refractivity (Wildman–Crippen MR) is 75.3 cm³/mol. The van der Waals surface area contributed by atoms with Gasteiger partial charge in [0.05, 0.1) is 5.03 Å². The van der Waals surface area contributed by atoms with Crippen LogP contribution in [0.5, 0.6) is 0 Å². The van der Waals surface area contributed by atoms with Crippen molar-refractivity contribution < 1.29 is 4.79 Å². The van der Waals surface area contributed by atoms with Crippen LogP contribution in [0.2, 0.25) is 5.02 Å². The van der Waals surface area contributed by atoms with E-state index in [0.717, 1.165) is 15.8 Å². The number of thioether (sulfide) groups is 1.